The first-order valence-electron chi connectivity index (χ1n) is 20.7. The maximum atomic E-state index is 13.7. The number of allylic oxidation sites excluding steroid dienone is 2. The second-order valence-corrected chi connectivity index (χ2v) is 15.7. The summed E-state index contributed by atoms with van der Waals surface area (Å²) < 4.78 is 17.8. The molecule has 0 radical (unpaired) electrons. The summed E-state index contributed by atoms with van der Waals surface area (Å²) in [6.07, 6.45) is 7.06. The van der Waals surface area contributed by atoms with Gasteiger partial charge in [-0.2, -0.15) is 5.10 Å². The van der Waals surface area contributed by atoms with Gasteiger partial charge >= 0.3 is 0 Å². The smallest absolute Gasteiger partial charge is 0.269 e. The first kappa shape index (κ1) is 43.4. The highest BCUT2D eigenvalue weighted by molar-refractivity contribution is 7.13. The van der Waals surface area contributed by atoms with Gasteiger partial charge in [-0.05, 0) is 76.9 Å². The number of anilines is 1. The number of benzene rings is 2. The second-order valence-electron chi connectivity index (χ2n) is 14.5. The topological polar surface area (TPSA) is 238 Å². The molecule has 3 amide bonds. The van der Waals surface area contributed by atoms with Gasteiger partial charge in [-0.1, -0.05) is 32.9 Å². The molecule has 0 saturated carbocycles. The minimum absolute atomic E-state index is 0.214. The van der Waals surface area contributed by atoms with Gasteiger partial charge < -0.3 is 35.4 Å². The molecule has 1 aliphatic heterocycles. The molecule has 0 unspecified atom stereocenters. The van der Waals surface area contributed by atoms with Crippen LogP contribution in [0, 0.1) is 19.8 Å². The molecule has 0 aliphatic carbocycles. The number of nitrogens with two attached hydrogens (primary N) is 2. The predicted octanol–water partition coefficient (Wildman–Crippen LogP) is 5.58. The maximum Gasteiger partial charge on any atom is 0.269 e. The van der Waals surface area contributed by atoms with Crippen LogP contribution in [0.1, 0.15) is 81.0 Å². The fourth-order valence-electron chi connectivity index (χ4n) is 7.44. The number of nitrogens with zero attached hydrogens (tertiary/aromatic N) is 9. The average Bonchev–Trinajstić information content (AvgIpc) is 4.01. The molecule has 0 spiro atoms. The van der Waals surface area contributed by atoms with Crippen molar-refractivity contribution in [2.75, 3.05) is 32.1 Å². The first-order valence-corrected chi connectivity index (χ1v) is 21.5. The Bertz CT molecular complexity index is 2850. The normalized spacial score (nSPS) is 12.8. The van der Waals surface area contributed by atoms with Gasteiger partial charge in [-0.25, -0.2) is 29.6 Å². The number of fused-ring (bicyclic) bond motifs is 4. The van der Waals surface area contributed by atoms with E-state index in [1.54, 1.807) is 35.1 Å². The lowest BCUT2D eigenvalue weighted by Gasteiger charge is -2.26. The fourth-order valence-corrected chi connectivity index (χ4v) is 8.34. The SMILES string of the molecule is CC.CCc1nc(C)sc1C(=O)Nc1nc2cc(C(N)=O)cc(OC)c2n1C/C=C/Cn1c2nc(-c3nc(C)nn3CC)ncc2c2cc(C(N)=O)cc(OCCC3CNC3)c21. The molecule has 1 fully saturated rings. The summed E-state index contributed by atoms with van der Waals surface area (Å²) in [4.78, 5) is 62.7. The van der Waals surface area contributed by atoms with Crippen LogP contribution in [0.5, 0.6) is 11.5 Å². The summed E-state index contributed by atoms with van der Waals surface area (Å²) in [6, 6.07) is 6.56. The Morgan fingerprint density at radius 1 is 0.919 bits per heavy atom. The van der Waals surface area contributed by atoms with E-state index in [0.717, 1.165) is 30.0 Å². The number of carbonyl (C=O) groups is 3. The molecule has 6 N–H and O–H groups in total. The Balaban J connectivity index is 0.00000285. The molecule has 1 saturated heterocycles. The van der Waals surface area contributed by atoms with Gasteiger partial charge in [0.1, 0.15) is 33.4 Å². The average molecular weight is 862 g/mol. The Morgan fingerprint density at radius 3 is 2.29 bits per heavy atom. The van der Waals surface area contributed by atoms with E-state index in [2.05, 4.69) is 25.7 Å². The zero-order valence-electron chi connectivity index (χ0n) is 35.9. The van der Waals surface area contributed by atoms with Gasteiger partial charge in [-0.3, -0.25) is 19.7 Å². The van der Waals surface area contributed by atoms with Gasteiger partial charge in [0.15, 0.2) is 11.6 Å². The molecule has 6 heterocycles. The highest BCUT2D eigenvalue weighted by Gasteiger charge is 2.24. The third-order valence-electron chi connectivity index (χ3n) is 10.5. The van der Waals surface area contributed by atoms with Crippen LogP contribution in [0.3, 0.4) is 0 Å². The van der Waals surface area contributed by atoms with Crippen LogP contribution in [0.2, 0.25) is 0 Å². The van der Waals surface area contributed by atoms with E-state index >= 15 is 0 Å². The molecule has 8 rings (SSSR count). The molecule has 1 aliphatic rings. The Labute approximate surface area is 361 Å². The number of aromatic nitrogens is 9. The number of aryl methyl sites for hydroxylation is 4. The lowest BCUT2D eigenvalue weighted by molar-refractivity contribution is 0.0991. The molecule has 324 valence electrons. The van der Waals surface area contributed by atoms with Crippen LogP contribution in [0.15, 0.2) is 42.6 Å². The van der Waals surface area contributed by atoms with Gasteiger partial charge in [0.05, 0.1) is 35.5 Å². The number of nitrogens with one attached hydrogen (secondary N) is 2. The molecule has 62 heavy (non-hydrogen) atoms. The number of imidazole rings is 1. The zero-order chi connectivity index (χ0) is 44.2. The monoisotopic (exact) mass is 861 g/mol. The van der Waals surface area contributed by atoms with Crippen molar-refractivity contribution >= 4 is 68.0 Å². The van der Waals surface area contributed by atoms with Crippen LogP contribution in [-0.2, 0) is 26.1 Å². The summed E-state index contributed by atoms with van der Waals surface area (Å²) >= 11 is 1.31. The number of methoxy groups -OCH3 is 1. The maximum absolute atomic E-state index is 13.7. The lowest BCUT2D eigenvalue weighted by Crippen LogP contribution is -2.42. The minimum Gasteiger partial charge on any atom is -0.494 e. The standard InChI is InChI=1S/C41H45N13O5S.C2H6/c1-6-28-34(60-22(4)47-28)40(57)50-41-48-29-15-25(36(43)56)16-30(58-5)33(29)53(41)12-9-8-11-52-32-26(14-24(35(42)55)17-31(32)59-13-10-23-18-44-19-23)27-20-45-37(49-38(27)52)39-46-21(3)51-54(39)7-2;1-2/h8-9,14-17,20,23,44H,6-7,10-13,18-19H2,1-5H3,(H2,42,55)(H2,43,56)(H,48,50,57);1-2H3/b9-8+;. The Kier molecular flexibility index (Phi) is 12.9. The van der Waals surface area contributed by atoms with Crippen molar-refractivity contribution in [3.63, 3.8) is 0 Å². The number of ether oxygens (including phenoxy) is 2. The van der Waals surface area contributed by atoms with Gasteiger partial charge in [-0.15, -0.1) is 11.3 Å². The van der Waals surface area contributed by atoms with Gasteiger partial charge in [0.2, 0.25) is 17.8 Å². The van der Waals surface area contributed by atoms with Crippen LogP contribution in [-0.4, -0.2) is 88.4 Å². The molecule has 5 aromatic heterocycles. The Hall–Kier alpha value is -6.73. The summed E-state index contributed by atoms with van der Waals surface area (Å²) in [6.45, 7) is 15.0. The molecule has 7 aromatic rings. The van der Waals surface area contributed by atoms with Crippen molar-refractivity contribution in [1.82, 2.24) is 49.2 Å². The van der Waals surface area contributed by atoms with Crippen LogP contribution >= 0.6 is 11.3 Å². The molecular formula is C43H51N13O5S. The van der Waals surface area contributed by atoms with E-state index < -0.39 is 11.8 Å². The molecule has 0 atom stereocenters. The van der Waals surface area contributed by atoms with Crippen molar-refractivity contribution in [1.29, 1.82) is 0 Å². The quantitative estimate of drug-likeness (QED) is 0.0872. The minimum atomic E-state index is -0.641. The van der Waals surface area contributed by atoms with E-state index in [9.17, 15) is 14.4 Å². The van der Waals surface area contributed by atoms with E-state index in [1.807, 2.05) is 62.8 Å². The largest absolute Gasteiger partial charge is 0.494 e. The summed E-state index contributed by atoms with van der Waals surface area (Å²) in [5.41, 5.74) is 15.0. The molecule has 2 aromatic carbocycles. The first-order chi connectivity index (χ1) is 30.0. The van der Waals surface area contributed by atoms with E-state index in [4.69, 9.17) is 35.9 Å². The van der Waals surface area contributed by atoms with Crippen molar-refractivity contribution in [3.05, 3.63) is 75.1 Å². The number of hydrogen-bond donors (Lipinski definition) is 4. The van der Waals surface area contributed by atoms with Crippen molar-refractivity contribution in [2.24, 2.45) is 17.4 Å². The highest BCUT2D eigenvalue weighted by atomic mass is 32.1. The van der Waals surface area contributed by atoms with Crippen LogP contribution in [0.25, 0.3) is 44.6 Å². The number of rotatable bonds is 16. The van der Waals surface area contributed by atoms with E-state index in [-0.39, 0.29) is 24.0 Å². The third kappa shape index (κ3) is 8.45. The fraction of sp³-hybridized carbons (Fsp3) is 0.372. The molecular weight excluding hydrogens is 811 g/mol. The van der Waals surface area contributed by atoms with Crippen molar-refractivity contribution in [2.45, 2.75) is 74.0 Å². The zero-order valence-corrected chi connectivity index (χ0v) is 36.7. The summed E-state index contributed by atoms with van der Waals surface area (Å²) in [7, 11) is 1.49. The van der Waals surface area contributed by atoms with Crippen LogP contribution in [0.4, 0.5) is 5.95 Å². The third-order valence-corrected chi connectivity index (χ3v) is 11.5. The van der Waals surface area contributed by atoms with E-state index in [0.29, 0.717) is 105 Å². The molecule has 18 nitrogen and oxygen atoms in total. The van der Waals surface area contributed by atoms with Crippen molar-refractivity contribution in [3.8, 4) is 23.1 Å². The van der Waals surface area contributed by atoms with E-state index in [1.165, 1.54) is 18.4 Å². The molecule has 19 heteroatoms. The van der Waals surface area contributed by atoms with Gasteiger partial charge in [0, 0.05) is 47.7 Å². The number of carbonyl (C=O) groups excluding carboxylic acids is 3. The van der Waals surface area contributed by atoms with Crippen molar-refractivity contribution < 1.29 is 23.9 Å². The number of thiazole rings is 1. The van der Waals surface area contributed by atoms with Crippen LogP contribution < -0.4 is 31.6 Å². The van der Waals surface area contributed by atoms with Gasteiger partial charge in [0.25, 0.3) is 5.91 Å². The number of amides is 3. The Morgan fingerprint density at radius 2 is 1.63 bits per heavy atom. The number of primary amides is 2. The summed E-state index contributed by atoms with van der Waals surface area (Å²) in [5, 5.41) is 13.0. The summed E-state index contributed by atoms with van der Waals surface area (Å²) in [5.74, 6) is 1.56. The lowest BCUT2D eigenvalue weighted by atomic mass is 10.0. The second kappa shape index (κ2) is 18.5. The predicted molar refractivity (Wildman–Crippen MR) is 239 cm³/mol. The number of hydrogen-bond acceptors (Lipinski definition) is 13. The highest BCUT2D eigenvalue weighted by Crippen LogP contribution is 2.37. The molecule has 0 bridgehead atoms.